The number of rotatable bonds is 3. The van der Waals surface area contributed by atoms with Crippen LogP contribution in [0.4, 0.5) is 5.69 Å². The first kappa shape index (κ1) is 13.1. The van der Waals surface area contributed by atoms with E-state index < -0.39 is 0 Å². The van der Waals surface area contributed by atoms with Gasteiger partial charge in [0.15, 0.2) is 0 Å². The van der Waals surface area contributed by atoms with E-state index >= 15 is 0 Å². The Morgan fingerprint density at radius 2 is 2.20 bits per heavy atom. The number of fused-ring (bicyclic) bond motifs is 1. The molecule has 1 amide bonds. The maximum Gasteiger partial charge on any atom is 0.227 e. The molecular formula is C16H19N3O. The second-order valence-corrected chi connectivity index (χ2v) is 5.40. The van der Waals surface area contributed by atoms with Crippen molar-refractivity contribution in [3.05, 3.63) is 36.5 Å². The summed E-state index contributed by atoms with van der Waals surface area (Å²) in [5.41, 5.74) is 7.49. The highest BCUT2D eigenvalue weighted by atomic mass is 16.1. The molecule has 1 heterocycles. The predicted molar refractivity (Wildman–Crippen MR) is 80.3 cm³/mol. The number of pyridine rings is 1. The van der Waals surface area contributed by atoms with E-state index in [-0.39, 0.29) is 11.8 Å². The molecule has 1 fully saturated rings. The lowest BCUT2D eigenvalue weighted by atomic mass is 9.95. The van der Waals surface area contributed by atoms with Crippen molar-refractivity contribution in [2.45, 2.75) is 19.3 Å². The summed E-state index contributed by atoms with van der Waals surface area (Å²) in [5, 5.41) is 4.03. The Hall–Kier alpha value is -1.94. The van der Waals surface area contributed by atoms with Gasteiger partial charge in [0.05, 0.1) is 11.2 Å². The molecule has 2 atom stereocenters. The molecule has 0 saturated heterocycles. The van der Waals surface area contributed by atoms with Crippen LogP contribution >= 0.6 is 0 Å². The van der Waals surface area contributed by atoms with Gasteiger partial charge >= 0.3 is 0 Å². The van der Waals surface area contributed by atoms with Gasteiger partial charge in [0.2, 0.25) is 5.91 Å². The highest BCUT2D eigenvalue weighted by molar-refractivity contribution is 6.01. The first-order chi connectivity index (χ1) is 9.79. The van der Waals surface area contributed by atoms with E-state index in [4.69, 9.17) is 5.73 Å². The van der Waals surface area contributed by atoms with Crippen molar-refractivity contribution >= 4 is 22.5 Å². The number of carbonyl (C=O) groups excluding carboxylic acids is 1. The quantitative estimate of drug-likeness (QED) is 0.899. The lowest BCUT2D eigenvalue weighted by Crippen LogP contribution is -2.29. The molecule has 3 rings (SSSR count). The van der Waals surface area contributed by atoms with E-state index in [2.05, 4.69) is 10.3 Å². The number of benzene rings is 1. The van der Waals surface area contributed by atoms with Crippen LogP contribution in [0.3, 0.4) is 0 Å². The van der Waals surface area contributed by atoms with Gasteiger partial charge in [-0.1, -0.05) is 12.5 Å². The Bertz CT molecular complexity index is 621. The molecule has 1 saturated carbocycles. The monoisotopic (exact) mass is 269 g/mol. The van der Waals surface area contributed by atoms with Crippen LogP contribution in [0.25, 0.3) is 10.9 Å². The molecule has 0 radical (unpaired) electrons. The van der Waals surface area contributed by atoms with Crippen molar-refractivity contribution in [3.63, 3.8) is 0 Å². The molecule has 1 aliphatic carbocycles. The van der Waals surface area contributed by atoms with Gasteiger partial charge in [-0.3, -0.25) is 9.78 Å². The number of nitrogens with two attached hydrogens (primary N) is 1. The largest absolute Gasteiger partial charge is 0.330 e. The zero-order valence-electron chi connectivity index (χ0n) is 11.4. The third-order valence-corrected chi connectivity index (χ3v) is 4.20. The van der Waals surface area contributed by atoms with Crippen LogP contribution in [0, 0.1) is 11.8 Å². The van der Waals surface area contributed by atoms with E-state index in [0.717, 1.165) is 35.9 Å². The number of amides is 1. The van der Waals surface area contributed by atoms with E-state index in [1.807, 2.05) is 30.3 Å². The summed E-state index contributed by atoms with van der Waals surface area (Å²) in [4.78, 5) is 16.7. The standard InChI is InChI=1S/C16H19N3O/c17-10-11-4-1-5-12(11)16(20)19-15-8-2-7-14-13(15)6-3-9-18-14/h2-3,6-9,11-12H,1,4-5,10,17H2,(H,19,20)/t11-,12-/m1/s1. The Morgan fingerprint density at radius 1 is 1.30 bits per heavy atom. The molecule has 3 N–H and O–H groups in total. The van der Waals surface area contributed by atoms with Gasteiger partial charge in [0, 0.05) is 17.5 Å². The highest BCUT2D eigenvalue weighted by Crippen LogP contribution is 2.32. The number of hydrogen-bond acceptors (Lipinski definition) is 3. The van der Waals surface area contributed by atoms with Crippen molar-refractivity contribution in [2.24, 2.45) is 17.6 Å². The van der Waals surface area contributed by atoms with Gasteiger partial charge in [0.25, 0.3) is 0 Å². The summed E-state index contributed by atoms with van der Waals surface area (Å²) < 4.78 is 0. The van der Waals surface area contributed by atoms with Crippen LogP contribution in [0.15, 0.2) is 36.5 Å². The van der Waals surface area contributed by atoms with Crippen LogP contribution < -0.4 is 11.1 Å². The maximum atomic E-state index is 12.4. The van der Waals surface area contributed by atoms with Crippen LogP contribution in [-0.4, -0.2) is 17.4 Å². The first-order valence-electron chi connectivity index (χ1n) is 7.14. The zero-order chi connectivity index (χ0) is 13.9. The Labute approximate surface area is 118 Å². The van der Waals surface area contributed by atoms with Gasteiger partial charge < -0.3 is 11.1 Å². The normalized spacial score (nSPS) is 22.1. The lowest BCUT2D eigenvalue weighted by Gasteiger charge is -2.18. The molecule has 1 aromatic heterocycles. The number of nitrogens with zero attached hydrogens (tertiary/aromatic N) is 1. The van der Waals surface area contributed by atoms with Crippen LogP contribution in [0.2, 0.25) is 0 Å². The molecule has 0 unspecified atom stereocenters. The second-order valence-electron chi connectivity index (χ2n) is 5.40. The van der Waals surface area contributed by atoms with E-state index in [1.165, 1.54) is 0 Å². The maximum absolute atomic E-state index is 12.4. The van der Waals surface area contributed by atoms with Gasteiger partial charge in [-0.05, 0) is 49.6 Å². The average molecular weight is 269 g/mol. The smallest absolute Gasteiger partial charge is 0.227 e. The Kier molecular flexibility index (Phi) is 3.65. The van der Waals surface area contributed by atoms with Gasteiger partial charge in [-0.15, -0.1) is 0 Å². The second kappa shape index (κ2) is 5.59. The van der Waals surface area contributed by atoms with Crippen LogP contribution in [-0.2, 0) is 4.79 Å². The molecule has 0 spiro atoms. The van der Waals surface area contributed by atoms with E-state index in [9.17, 15) is 4.79 Å². The minimum Gasteiger partial charge on any atom is -0.330 e. The van der Waals surface area contributed by atoms with Crippen molar-refractivity contribution < 1.29 is 4.79 Å². The number of carbonyl (C=O) groups is 1. The summed E-state index contributed by atoms with van der Waals surface area (Å²) in [5.74, 6) is 0.462. The molecule has 4 heteroatoms. The minimum atomic E-state index is 0.0481. The summed E-state index contributed by atoms with van der Waals surface area (Å²) >= 11 is 0. The predicted octanol–water partition coefficient (Wildman–Crippen LogP) is 2.55. The molecule has 104 valence electrons. The fraction of sp³-hybridized carbons (Fsp3) is 0.375. The zero-order valence-corrected chi connectivity index (χ0v) is 11.4. The van der Waals surface area contributed by atoms with Crippen molar-refractivity contribution in [1.82, 2.24) is 4.98 Å². The molecule has 2 aromatic rings. The molecule has 1 aliphatic rings. The molecule has 0 aliphatic heterocycles. The van der Waals surface area contributed by atoms with Crippen LogP contribution in [0.5, 0.6) is 0 Å². The topological polar surface area (TPSA) is 68.0 Å². The third kappa shape index (κ3) is 2.39. The number of hydrogen-bond donors (Lipinski definition) is 2. The fourth-order valence-electron chi connectivity index (χ4n) is 3.10. The fourth-order valence-corrected chi connectivity index (χ4v) is 3.10. The third-order valence-electron chi connectivity index (χ3n) is 4.20. The molecular weight excluding hydrogens is 250 g/mol. The van der Waals surface area contributed by atoms with Crippen LogP contribution in [0.1, 0.15) is 19.3 Å². The van der Waals surface area contributed by atoms with Gasteiger partial charge in [-0.25, -0.2) is 0 Å². The molecule has 20 heavy (non-hydrogen) atoms. The Balaban J connectivity index is 1.84. The lowest BCUT2D eigenvalue weighted by molar-refractivity contribution is -0.120. The van der Waals surface area contributed by atoms with Crippen molar-refractivity contribution in [2.75, 3.05) is 11.9 Å². The average Bonchev–Trinajstić information content (AvgIpc) is 2.96. The van der Waals surface area contributed by atoms with Gasteiger partial charge in [0.1, 0.15) is 0 Å². The van der Waals surface area contributed by atoms with Crippen molar-refractivity contribution in [3.8, 4) is 0 Å². The molecule has 4 nitrogen and oxygen atoms in total. The number of nitrogens with one attached hydrogen (secondary N) is 1. The number of aromatic nitrogens is 1. The number of anilines is 1. The summed E-state index contributed by atoms with van der Waals surface area (Å²) in [6, 6.07) is 9.65. The summed E-state index contributed by atoms with van der Waals surface area (Å²) in [7, 11) is 0. The van der Waals surface area contributed by atoms with E-state index in [0.29, 0.717) is 12.5 Å². The summed E-state index contributed by atoms with van der Waals surface area (Å²) in [6.07, 6.45) is 4.86. The highest BCUT2D eigenvalue weighted by Gasteiger charge is 2.32. The molecule has 1 aromatic carbocycles. The SMILES string of the molecule is NC[C@H]1CCC[C@H]1C(=O)Nc1cccc2ncccc12. The van der Waals surface area contributed by atoms with Gasteiger partial charge in [-0.2, -0.15) is 0 Å². The Morgan fingerprint density at radius 3 is 3.05 bits per heavy atom. The first-order valence-corrected chi connectivity index (χ1v) is 7.14. The minimum absolute atomic E-state index is 0.0481. The van der Waals surface area contributed by atoms with Crippen molar-refractivity contribution in [1.29, 1.82) is 0 Å². The summed E-state index contributed by atoms with van der Waals surface area (Å²) in [6.45, 7) is 0.592. The van der Waals surface area contributed by atoms with E-state index in [1.54, 1.807) is 6.20 Å². The molecule has 0 bridgehead atoms.